The van der Waals surface area contributed by atoms with E-state index in [1.54, 1.807) is 27.8 Å². The fraction of sp³-hybridized carbons (Fsp3) is 0.500. The summed E-state index contributed by atoms with van der Waals surface area (Å²) in [5, 5.41) is 11.9. The SMILES string of the molecule is CCCC(=NC)c1c(N)cccc1-c1cccc(OC2CC(C(=O)NCCCO)N(C(=O)OC(C)(C)C)C2)c1. The van der Waals surface area contributed by atoms with Crippen molar-refractivity contribution in [1.82, 2.24) is 10.2 Å². The summed E-state index contributed by atoms with van der Waals surface area (Å²) < 4.78 is 11.9. The number of aliphatic imine (C=N–C) groups is 1. The van der Waals surface area contributed by atoms with Crippen LogP contribution in [0, 0.1) is 0 Å². The number of nitrogens with one attached hydrogen (secondary N) is 1. The minimum Gasteiger partial charge on any atom is -0.488 e. The average molecular weight is 539 g/mol. The largest absolute Gasteiger partial charge is 0.488 e. The Balaban J connectivity index is 1.85. The van der Waals surface area contributed by atoms with Crippen molar-refractivity contribution in [2.45, 2.75) is 71.1 Å². The van der Waals surface area contributed by atoms with Gasteiger partial charge in [0.2, 0.25) is 5.91 Å². The van der Waals surface area contributed by atoms with Crippen LogP contribution in [0.2, 0.25) is 0 Å². The van der Waals surface area contributed by atoms with Crippen molar-refractivity contribution in [3.63, 3.8) is 0 Å². The lowest BCUT2D eigenvalue weighted by molar-refractivity contribution is -0.125. The summed E-state index contributed by atoms with van der Waals surface area (Å²) in [6.45, 7) is 7.99. The molecule has 2 amide bonds. The van der Waals surface area contributed by atoms with Crippen LogP contribution in [0.4, 0.5) is 10.5 Å². The average Bonchev–Trinajstić information content (AvgIpc) is 3.31. The normalized spacial score (nSPS) is 17.7. The number of nitrogen functional groups attached to an aromatic ring is 1. The standard InChI is InChI=1S/C30H42N4O5/c1-6-10-25(32-5)27-23(13-8-14-24(27)31)20-11-7-12-21(17-20)38-22-18-26(28(36)33-15-9-16-35)34(19-22)29(37)39-30(2,3)4/h7-8,11-14,17,22,26,35H,6,9-10,15-16,18-19,31H2,1-5H3,(H,33,36). The summed E-state index contributed by atoms with van der Waals surface area (Å²) in [6.07, 6.45) is 1.56. The number of hydrogen-bond acceptors (Lipinski definition) is 7. The number of likely N-dealkylation sites (tertiary alicyclic amines) is 1. The van der Waals surface area contributed by atoms with Crippen LogP contribution in [0.25, 0.3) is 11.1 Å². The Morgan fingerprint density at radius 2 is 1.95 bits per heavy atom. The number of carbonyl (C=O) groups is 2. The molecule has 39 heavy (non-hydrogen) atoms. The molecule has 3 rings (SSSR count). The van der Waals surface area contributed by atoms with Crippen molar-refractivity contribution in [3.05, 3.63) is 48.0 Å². The van der Waals surface area contributed by atoms with Gasteiger partial charge in [-0.1, -0.05) is 37.6 Å². The van der Waals surface area contributed by atoms with Crippen LogP contribution >= 0.6 is 0 Å². The minimum atomic E-state index is -0.732. The van der Waals surface area contributed by atoms with E-state index in [-0.39, 0.29) is 19.1 Å². The zero-order valence-corrected chi connectivity index (χ0v) is 23.7. The van der Waals surface area contributed by atoms with E-state index in [0.29, 0.717) is 30.8 Å². The molecular weight excluding hydrogens is 496 g/mol. The first-order chi connectivity index (χ1) is 18.6. The molecule has 2 unspecified atom stereocenters. The Morgan fingerprint density at radius 3 is 2.62 bits per heavy atom. The Morgan fingerprint density at radius 1 is 1.21 bits per heavy atom. The molecule has 1 aliphatic heterocycles. The lowest BCUT2D eigenvalue weighted by atomic mass is 9.93. The molecule has 9 nitrogen and oxygen atoms in total. The number of nitrogens with zero attached hydrogens (tertiary/aromatic N) is 2. The van der Waals surface area contributed by atoms with Gasteiger partial charge in [0.1, 0.15) is 23.5 Å². The van der Waals surface area contributed by atoms with Crippen LogP contribution < -0.4 is 15.8 Å². The molecule has 0 aliphatic carbocycles. The van der Waals surface area contributed by atoms with Crippen LogP contribution in [-0.4, -0.2) is 72.2 Å². The van der Waals surface area contributed by atoms with Gasteiger partial charge in [0, 0.05) is 43.6 Å². The van der Waals surface area contributed by atoms with Crippen LogP contribution in [0.15, 0.2) is 47.5 Å². The van der Waals surface area contributed by atoms with Crippen LogP contribution in [0.3, 0.4) is 0 Å². The topological polar surface area (TPSA) is 126 Å². The monoisotopic (exact) mass is 538 g/mol. The maximum Gasteiger partial charge on any atom is 0.411 e. The molecule has 0 aromatic heterocycles. The first kappa shape index (κ1) is 30.0. The molecule has 2 aromatic carbocycles. The van der Waals surface area contributed by atoms with E-state index in [9.17, 15) is 9.59 Å². The minimum absolute atomic E-state index is 0.0262. The number of carbonyl (C=O) groups excluding carboxylic acids is 2. The van der Waals surface area contributed by atoms with Crippen molar-refractivity contribution in [3.8, 4) is 16.9 Å². The zero-order chi connectivity index (χ0) is 28.6. The van der Waals surface area contributed by atoms with E-state index in [1.807, 2.05) is 42.5 Å². The second-order valence-corrected chi connectivity index (χ2v) is 10.7. The van der Waals surface area contributed by atoms with Crippen LogP contribution in [0.1, 0.15) is 58.9 Å². The van der Waals surface area contributed by atoms with E-state index >= 15 is 0 Å². The van der Waals surface area contributed by atoms with E-state index < -0.39 is 23.8 Å². The molecule has 0 bridgehead atoms. The number of aliphatic hydroxyl groups excluding tert-OH is 1. The van der Waals surface area contributed by atoms with Gasteiger partial charge in [0.05, 0.1) is 6.54 Å². The lowest BCUT2D eigenvalue weighted by Gasteiger charge is -2.27. The summed E-state index contributed by atoms with van der Waals surface area (Å²) in [5.41, 5.74) is 10.2. The van der Waals surface area contributed by atoms with E-state index in [1.165, 1.54) is 4.90 Å². The molecular formula is C30H42N4O5. The number of hydrogen-bond donors (Lipinski definition) is 3. The number of anilines is 1. The van der Waals surface area contributed by atoms with Gasteiger partial charge in [-0.05, 0) is 62.9 Å². The third kappa shape index (κ3) is 7.95. The molecule has 4 N–H and O–H groups in total. The van der Waals surface area contributed by atoms with Crippen LogP contribution in [-0.2, 0) is 9.53 Å². The smallest absolute Gasteiger partial charge is 0.411 e. The second-order valence-electron chi connectivity index (χ2n) is 10.7. The summed E-state index contributed by atoms with van der Waals surface area (Å²) in [5.74, 6) is 0.336. The second kappa shape index (κ2) is 13.5. The van der Waals surface area contributed by atoms with Crippen molar-refractivity contribution < 1.29 is 24.2 Å². The Bertz CT molecular complexity index is 1170. The molecule has 0 radical (unpaired) electrons. The fourth-order valence-corrected chi connectivity index (χ4v) is 4.71. The van der Waals surface area contributed by atoms with Crippen molar-refractivity contribution in [1.29, 1.82) is 0 Å². The predicted octanol–water partition coefficient (Wildman–Crippen LogP) is 4.41. The lowest BCUT2D eigenvalue weighted by Crippen LogP contribution is -2.47. The third-order valence-electron chi connectivity index (χ3n) is 6.42. The summed E-state index contributed by atoms with van der Waals surface area (Å²) >= 11 is 0. The fourth-order valence-electron chi connectivity index (χ4n) is 4.71. The molecule has 1 fully saturated rings. The number of rotatable bonds is 10. The van der Waals surface area contributed by atoms with Crippen molar-refractivity contribution >= 4 is 23.4 Å². The highest BCUT2D eigenvalue weighted by Gasteiger charge is 2.42. The zero-order valence-electron chi connectivity index (χ0n) is 23.7. The number of ether oxygens (including phenoxy) is 2. The molecule has 1 heterocycles. The highest BCUT2D eigenvalue weighted by atomic mass is 16.6. The van der Waals surface area contributed by atoms with Gasteiger partial charge in [-0.15, -0.1) is 0 Å². The molecule has 212 valence electrons. The molecule has 2 aromatic rings. The number of benzene rings is 2. The van der Waals surface area contributed by atoms with Gasteiger partial charge >= 0.3 is 6.09 Å². The molecule has 9 heteroatoms. The molecule has 0 spiro atoms. The maximum absolute atomic E-state index is 13.0. The van der Waals surface area contributed by atoms with E-state index in [0.717, 1.165) is 35.2 Å². The number of aliphatic hydroxyl groups is 1. The number of amides is 2. The molecule has 2 atom stereocenters. The Hall–Kier alpha value is -3.59. The summed E-state index contributed by atoms with van der Waals surface area (Å²) in [7, 11) is 1.79. The summed E-state index contributed by atoms with van der Waals surface area (Å²) in [6, 6.07) is 12.8. The van der Waals surface area contributed by atoms with Gasteiger partial charge in [-0.3, -0.25) is 14.7 Å². The van der Waals surface area contributed by atoms with Gasteiger partial charge in [0.25, 0.3) is 0 Å². The van der Waals surface area contributed by atoms with Gasteiger partial charge in [0.15, 0.2) is 0 Å². The first-order valence-corrected chi connectivity index (χ1v) is 13.6. The van der Waals surface area contributed by atoms with Gasteiger partial charge in [-0.2, -0.15) is 0 Å². The highest BCUT2D eigenvalue weighted by Crippen LogP contribution is 2.33. The van der Waals surface area contributed by atoms with Crippen molar-refractivity contribution in [2.75, 3.05) is 32.5 Å². The number of nitrogens with two attached hydrogens (primary N) is 1. The van der Waals surface area contributed by atoms with Crippen molar-refractivity contribution in [2.24, 2.45) is 4.99 Å². The molecule has 1 aliphatic rings. The van der Waals surface area contributed by atoms with Crippen LogP contribution in [0.5, 0.6) is 5.75 Å². The third-order valence-corrected chi connectivity index (χ3v) is 6.42. The highest BCUT2D eigenvalue weighted by molar-refractivity contribution is 6.10. The predicted molar refractivity (Wildman–Crippen MR) is 154 cm³/mol. The maximum atomic E-state index is 13.0. The Kier molecular flexibility index (Phi) is 10.3. The van der Waals surface area contributed by atoms with E-state index in [4.69, 9.17) is 20.3 Å². The molecule has 0 saturated carbocycles. The summed E-state index contributed by atoms with van der Waals surface area (Å²) in [4.78, 5) is 31.8. The van der Waals surface area contributed by atoms with E-state index in [2.05, 4.69) is 17.2 Å². The Labute approximate surface area is 231 Å². The first-order valence-electron chi connectivity index (χ1n) is 13.6. The van der Waals surface area contributed by atoms with Gasteiger partial charge < -0.3 is 25.6 Å². The van der Waals surface area contributed by atoms with Gasteiger partial charge in [-0.25, -0.2) is 4.79 Å². The quantitative estimate of drug-likeness (QED) is 0.234. The molecule has 1 saturated heterocycles.